The quantitative estimate of drug-likeness (QED) is 0.465. The minimum absolute atomic E-state index is 0.265. The Balaban J connectivity index is 1.26. The zero-order valence-corrected chi connectivity index (χ0v) is 25.0. The van der Waals surface area contributed by atoms with Crippen LogP contribution >= 0.6 is 0 Å². The Labute approximate surface area is 241 Å². The Hall–Kier alpha value is -3.31. The first-order chi connectivity index (χ1) is 19.4. The lowest BCUT2D eigenvalue weighted by atomic mass is 9.80. The molecule has 2 aromatic rings. The number of aliphatic carboxylic acids is 1. The first-order valence-electron chi connectivity index (χ1n) is 14.1. The third kappa shape index (κ3) is 6.01. The molecule has 0 bridgehead atoms. The van der Waals surface area contributed by atoms with Gasteiger partial charge < -0.3 is 24.3 Å². The molecule has 41 heavy (non-hydrogen) atoms. The molecule has 1 N–H and O–H groups in total. The van der Waals surface area contributed by atoms with Crippen LogP contribution in [0.3, 0.4) is 0 Å². The predicted molar refractivity (Wildman–Crippen MR) is 155 cm³/mol. The maximum atomic E-state index is 11.9. The van der Waals surface area contributed by atoms with Crippen molar-refractivity contribution in [3.63, 3.8) is 0 Å². The summed E-state index contributed by atoms with van der Waals surface area (Å²) in [5, 5.41) is 13.9. The van der Waals surface area contributed by atoms with Gasteiger partial charge in [0.15, 0.2) is 15.4 Å². The molecule has 0 radical (unpaired) electrons. The van der Waals surface area contributed by atoms with Gasteiger partial charge in [0.1, 0.15) is 17.3 Å². The molecule has 0 atom stereocenters. The third-order valence-electron chi connectivity index (χ3n) is 8.30. The number of hydrogen-bond acceptors (Lipinski definition) is 9. The molecule has 3 heterocycles. The summed E-state index contributed by atoms with van der Waals surface area (Å²) in [5.74, 6) is 1.57. The lowest BCUT2D eigenvalue weighted by molar-refractivity contribution is -0.150. The average molecular weight is 586 g/mol. The number of rotatable bonds is 9. The van der Waals surface area contributed by atoms with Crippen LogP contribution in [-0.2, 0) is 26.0 Å². The van der Waals surface area contributed by atoms with Crippen LogP contribution in [0.5, 0.6) is 11.5 Å². The van der Waals surface area contributed by atoms with E-state index >= 15 is 0 Å². The molecule has 2 saturated heterocycles. The van der Waals surface area contributed by atoms with Crippen molar-refractivity contribution in [1.82, 2.24) is 9.80 Å². The Morgan fingerprint density at radius 3 is 2.15 bits per heavy atom. The molecule has 3 aliphatic rings. The molecule has 11 heteroatoms. The molecular weight excluding hydrogens is 546 g/mol. The fourth-order valence-electron chi connectivity index (χ4n) is 5.88. The van der Waals surface area contributed by atoms with Crippen LogP contribution in [-0.4, -0.2) is 86.4 Å². The van der Waals surface area contributed by atoms with E-state index in [-0.39, 0.29) is 10.5 Å². The van der Waals surface area contributed by atoms with E-state index in [1.54, 1.807) is 24.3 Å². The van der Waals surface area contributed by atoms with Crippen LogP contribution in [0.2, 0.25) is 0 Å². The van der Waals surface area contributed by atoms with Crippen molar-refractivity contribution < 1.29 is 32.6 Å². The summed E-state index contributed by atoms with van der Waals surface area (Å²) in [6, 6.07) is 10.8. The molecule has 0 saturated carbocycles. The number of likely N-dealkylation sites (tertiary alicyclic amines) is 2. The Bertz CT molecular complexity index is 1400. The van der Waals surface area contributed by atoms with Crippen LogP contribution < -0.4 is 9.47 Å². The fraction of sp³-hybridized carbons (Fsp3) is 0.533. The second-order valence-corrected chi connectivity index (χ2v) is 13.6. The van der Waals surface area contributed by atoms with Crippen molar-refractivity contribution in [2.45, 2.75) is 57.1 Å². The number of sulfone groups is 1. The molecule has 5 rings (SSSR count). The zero-order valence-electron chi connectivity index (χ0n) is 24.2. The van der Waals surface area contributed by atoms with Gasteiger partial charge in [-0.3, -0.25) is 9.69 Å². The zero-order chi connectivity index (χ0) is 29.4. The Morgan fingerprint density at radius 1 is 1.05 bits per heavy atom. The summed E-state index contributed by atoms with van der Waals surface area (Å²) in [7, 11) is -3.30. The van der Waals surface area contributed by atoms with Crippen molar-refractivity contribution in [2.24, 2.45) is 10.6 Å². The van der Waals surface area contributed by atoms with Crippen LogP contribution in [0.4, 0.5) is 0 Å². The first-order valence-corrected chi connectivity index (χ1v) is 16.0. The lowest BCUT2D eigenvalue weighted by Gasteiger charge is -2.45. The molecule has 1 spiro atoms. The van der Waals surface area contributed by atoms with Gasteiger partial charge >= 0.3 is 5.97 Å². The largest absolute Gasteiger partial charge is 0.493 e. The highest BCUT2D eigenvalue weighted by Crippen LogP contribution is 2.42. The van der Waals surface area contributed by atoms with Gasteiger partial charge in [-0.15, -0.1) is 0 Å². The molecular formula is C30H39N3O7S. The molecule has 0 aromatic heterocycles. The number of carbonyl (C=O) groups is 1. The van der Waals surface area contributed by atoms with E-state index in [9.17, 15) is 18.3 Å². The van der Waals surface area contributed by atoms with Crippen molar-refractivity contribution in [3.05, 3.63) is 42.0 Å². The van der Waals surface area contributed by atoms with Gasteiger partial charge in [-0.25, -0.2) is 8.42 Å². The van der Waals surface area contributed by atoms with Crippen molar-refractivity contribution in [2.75, 3.05) is 45.6 Å². The average Bonchev–Trinajstić information content (AvgIpc) is 3.34. The van der Waals surface area contributed by atoms with Crippen molar-refractivity contribution in [1.29, 1.82) is 0 Å². The molecule has 222 valence electrons. The molecule has 10 nitrogen and oxygen atoms in total. The third-order valence-corrected chi connectivity index (χ3v) is 9.43. The highest BCUT2D eigenvalue weighted by Gasteiger charge is 2.51. The van der Waals surface area contributed by atoms with Gasteiger partial charge in [-0.2, -0.15) is 0 Å². The molecule has 2 fully saturated rings. The highest BCUT2D eigenvalue weighted by atomic mass is 32.2. The second kappa shape index (κ2) is 11.2. The number of benzene rings is 2. The number of hydrogen-bond donors (Lipinski definition) is 1. The standard InChI is InChI=1S/C30H39N3O7S/c1-5-38-24-15-21(16-25(39-6-2)27(24)22-7-9-23(10-8-22)41(4,36)37)18-32-19-30(20-32)17-26(31-40-30)33-13-11-29(3,12-14-33)28(34)35/h7-10,15-16H,5-6,11-14,17-20H2,1-4H3,(H,34,35). The Kier molecular flexibility index (Phi) is 7.95. The minimum Gasteiger partial charge on any atom is -0.493 e. The van der Waals surface area contributed by atoms with Gasteiger partial charge in [0.05, 0.1) is 35.5 Å². The number of ether oxygens (including phenoxy) is 2. The summed E-state index contributed by atoms with van der Waals surface area (Å²) in [6.07, 6.45) is 3.12. The van der Waals surface area contributed by atoms with E-state index in [4.69, 9.17) is 14.3 Å². The summed E-state index contributed by atoms with van der Waals surface area (Å²) in [4.78, 5) is 22.3. The topological polar surface area (TPSA) is 118 Å². The van der Waals surface area contributed by atoms with Crippen LogP contribution in [0.1, 0.15) is 45.6 Å². The molecule has 0 amide bonds. The summed E-state index contributed by atoms with van der Waals surface area (Å²) in [6.45, 7) is 10.2. The van der Waals surface area contributed by atoms with Gasteiger partial charge in [0.2, 0.25) is 0 Å². The maximum Gasteiger partial charge on any atom is 0.309 e. The van der Waals surface area contributed by atoms with Gasteiger partial charge in [0, 0.05) is 39.0 Å². The van der Waals surface area contributed by atoms with Crippen molar-refractivity contribution in [3.8, 4) is 22.6 Å². The molecule has 0 aliphatic carbocycles. The highest BCUT2D eigenvalue weighted by molar-refractivity contribution is 7.90. The summed E-state index contributed by atoms with van der Waals surface area (Å²) >= 11 is 0. The summed E-state index contributed by atoms with van der Waals surface area (Å²) < 4.78 is 36.0. The monoisotopic (exact) mass is 585 g/mol. The number of carboxylic acid groups (broad SMARTS) is 1. The maximum absolute atomic E-state index is 11.9. The smallest absolute Gasteiger partial charge is 0.309 e. The second-order valence-electron chi connectivity index (χ2n) is 11.6. The number of nitrogens with zero attached hydrogens (tertiary/aromatic N) is 3. The van der Waals surface area contributed by atoms with E-state index in [2.05, 4.69) is 15.0 Å². The van der Waals surface area contributed by atoms with Gasteiger partial charge in [0.25, 0.3) is 0 Å². The molecule has 3 aliphatic heterocycles. The van der Waals surface area contributed by atoms with Crippen molar-refractivity contribution >= 4 is 21.6 Å². The van der Waals surface area contributed by atoms with E-state index in [0.717, 1.165) is 42.0 Å². The fourth-order valence-corrected chi connectivity index (χ4v) is 6.51. The SMILES string of the molecule is CCOc1cc(CN2CC3(CC(N4CCC(C)(C(=O)O)CC4)=NO3)C2)cc(OCC)c1-c1ccc(S(C)(=O)=O)cc1. The number of carboxylic acids is 1. The number of amidine groups is 1. The molecule has 2 aromatic carbocycles. The lowest BCUT2D eigenvalue weighted by Crippen LogP contribution is -2.61. The first kappa shape index (κ1) is 29.2. The van der Waals surface area contributed by atoms with Crippen LogP contribution in [0.15, 0.2) is 46.4 Å². The van der Waals surface area contributed by atoms with Crippen LogP contribution in [0, 0.1) is 5.41 Å². The van der Waals surface area contributed by atoms with Gasteiger partial charge in [-0.1, -0.05) is 17.3 Å². The molecule has 0 unspecified atom stereocenters. The van der Waals surface area contributed by atoms with E-state index < -0.39 is 21.2 Å². The Morgan fingerprint density at radius 2 is 1.63 bits per heavy atom. The van der Waals surface area contributed by atoms with E-state index in [1.165, 1.54) is 6.26 Å². The minimum atomic E-state index is -3.30. The normalized spacial score (nSPS) is 19.8. The van der Waals surface area contributed by atoms with Gasteiger partial charge in [-0.05, 0) is 69.0 Å². The van der Waals surface area contributed by atoms with Crippen LogP contribution in [0.25, 0.3) is 11.1 Å². The number of piperidine rings is 1. The summed E-state index contributed by atoms with van der Waals surface area (Å²) in [5.41, 5.74) is 1.67. The van der Waals surface area contributed by atoms with E-state index in [1.807, 2.05) is 32.9 Å². The number of oxime groups is 1. The predicted octanol–water partition coefficient (Wildman–Crippen LogP) is 4.03. The van der Waals surface area contributed by atoms with E-state index in [0.29, 0.717) is 57.2 Å².